The summed E-state index contributed by atoms with van der Waals surface area (Å²) in [7, 11) is 0. The van der Waals surface area contributed by atoms with Crippen LogP contribution in [0.2, 0.25) is 0 Å². The summed E-state index contributed by atoms with van der Waals surface area (Å²) in [5.41, 5.74) is 2.08. The molecule has 3 rings (SSSR count). The van der Waals surface area contributed by atoms with E-state index in [1.54, 1.807) is 23.5 Å². The van der Waals surface area contributed by atoms with Gasteiger partial charge in [-0.25, -0.2) is 4.57 Å². The lowest BCUT2D eigenvalue weighted by Gasteiger charge is -2.05. The highest BCUT2D eigenvalue weighted by atomic mass is 35.9. The topological polar surface area (TPSA) is 26.3 Å². The Balaban J connectivity index is 2.13. The lowest BCUT2D eigenvalue weighted by Crippen LogP contribution is -1.85. The molecule has 0 aliphatic rings. The van der Waals surface area contributed by atoms with Crippen molar-refractivity contribution in [2.24, 2.45) is 0 Å². The van der Waals surface area contributed by atoms with E-state index in [-0.39, 0.29) is 0 Å². The molecule has 0 aliphatic carbocycles. The third-order valence-electron chi connectivity index (χ3n) is 3.09. The Morgan fingerprint density at radius 3 is 1.61 bits per heavy atom. The fourth-order valence-electron chi connectivity index (χ4n) is 2.14. The van der Waals surface area contributed by atoms with Crippen molar-refractivity contribution < 1.29 is 9.09 Å². The van der Waals surface area contributed by atoms with Crippen LogP contribution in [0.25, 0.3) is 20.9 Å². The van der Waals surface area contributed by atoms with Crippen LogP contribution >= 0.6 is 39.9 Å². The van der Waals surface area contributed by atoms with Gasteiger partial charge < -0.3 is 4.52 Å². The number of hydrogen-bond acceptors (Lipinski definition) is 2. The van der Waals surface area contributed by atoms with E-state index in [0.717, 1.165) is 20.9 Å². The Kier molecular flexibility index (Phi) is 5.03. The van der Waals surface area contributed by atoms with Crippen LogP contribution in [-0.4, -0.2) is 0 Å². The van der Waals surface area contributed by atoms with Gasteiger partial charge in [0.05, 0.1) is 0 Å². The van der Waals surface area contributed by atoms with Crippen LogP contribution in [0.5, 0.6) is 5.75 Å². The summed E-state index contributed by atoms with van der Waals surface area (Å²) >= 11 is 12.7. The second kappa shape index (κ2) is 7.02. The molecule has 3 aromatic rings. The van der Waals surface area contributed by atoms with E-state index in [0.29, 0.717) is 5.75 Å². The molecule has 2 nitrogen and oxygen atoms in total. The summed E-state index contributed by atoms with van der Waals surface area (Å²) < 4.78 is 16.8. The third kappa shape index (κ3) is 4.55. The van der Waals surface area contributed by atoms with Crippen LogP contribution in [0.3, 0.4) is 0 Å². The molecule has 0 unspecified atom stereocenters. The zero-order valence-corrected chi connectivity index (χ0v) is 15.1. The highest BCUT2D eigenvalue weighted by molar-refractivity contribution is 8.05. The van der Waals surface area contributed by atoms with Crippen molar-refractivity contribution in [3.63, 3.8) is 0 Å². The van der Waals surface area contributed by atoms with Gasteiger partial charge in [0, 0.05) is 45.7 Å². The van der Waals surface area contributed by atoms with Crippen molar-refractivity contribution in [3.05, 3.63) is 72.8 Å². The van der Waals surface area contributed by atoms with Crippen molar-refractivity contribution in [2.45, 2.75) is 0 Å². The summed E-state index contributed by atoms with van der Waals surface area (Å²) in [6.45, 7) is 0. The predicted molar refractivity (Wildman–Crippen MR) is 99.5 cm³/mol. The number of hydrogen-bond donors (Lipinski definition) is 0. The Labute approximate surface area is 148 Å². The molecule has 2 aromatic carbocycles. The highest BCUT2D eigenvalue weighted by Crippen LogP contribution is 2.57. The molecule has 6 heteroatoms. The van der Waals surface area contributed by atoms with E-state index in [9.17, 15) is 4.57 Å². The van der Waals surface area contributed by atoms with Crippen LogP contribution in [0.15, 0.2) is 72.8 Å². The van der Waals surface area contributed by atoms with Gasteiger partial charge in [-0.15, -0.1) is 0 Å². The molecule has 1 heterocycles. The van der Waals surface area contributed by atoms with Gasteiger partial charge in [-0.3, -0.25) is 0 Å². The average molecular weight is 382 g/mol. The van der Waals surface area contributed by atoms with Gasteiger partial charge in [0.1, 0.15) is 5.75 Å². The van der Waals surface area contributed by atoms with Crippen molar-refractivity contribution in [2.75, 3.05) is 0 Å². The molecule has 0 spiro atoms. The molecule has 116 valence electrons. The smallest absolute Gasteiger partial charge is 0.422 e. The minimum absolute atomic E-state index is 0.384. The molecule has 0 aliphatic heterocycles. The van der Waals surface area contributed by atoms with Crippen molar-refractivity contribution >= 4 is 39.9 Å². The fourth-order valence-corrected chi connectivity index (χ4v) is 4.07. The van der Waals surface area contributed by atoms with Gasteiger partial charge in [0.15, 0.2) is 0 Å². The first kappa shape index (κ1) is 16.5. The van der Waals surface area contributed by atoms with Crippen molar-refractivity contribution in [1.29, 1.82) is 0 Å². The van der Waals surface area contributed by atoms with Gasteiger partial charge in [0.2, 0.25) is 21.1 Å². The maximum absolute atomic E-state index is 11.6. The standard InChI is InChI=1S/C17H12Cl2O2PS/c18-22(19,20)21-15-11-16(13-7-3-1-4-8-13)23-17(12-15)14-9-5-2-6-10-14/h1-12H/q+1. The molecular weight excluding hydrogens is 370 g/mol. The van der Waals surface area contributed by atoms with Crippen LogP contribution < -0.4 is 4.52 Å². The van der Waals surface area contributed by atoms with E-state index < -0.39 is 6.07 Å². The van der Waals surface area contributed by atoms with Gasteiger partial charge in [-0.2, -0.15) is 0 Å². The Morgan fingerprint density at radius 1 is 0.783 bits per heavy atom. The van der Waals surface area contributed by atoms with E-state index in [4.69, 9.17) is 27.0 Å². The molecule has 0 N–H and O–H groups in total. The van der Waals surface area contributed by atoms with E-state index >= 15 is 0 Å². The second-order valence-corrected chi connectivity index (χ2v) is 10.0. The molecule has 1 aromatic heterocycles. The second-order valence-electron chi connectivity index (χ2n) is 4.76. The van der Waals surface area contributed by atoms with Crippen LogP contribution in [0.4, 0.5) is 0 Å². The molecule has 0 saturated heterocycles. The zero-order valence-electron chi connectivity index (χ0n) is 11.9. The largest absolute Gasteiger partial charge is 0.428 e. The predicted octanol–water partition coefficient (Wildman–Crippen LogP) is 7.33. The van der Waals surface area contributed by atoms with Gasteiger partial charge in [-0.1, -0.05) is 36.4 Å². The highest BCUT2D eigenvalue weighted by Gasteiger charge is 2.23. The summed E-state index contributed by atoms with van der Waals surface area (Å²) in [4.78, 5) is 1.95. The summed E-state index contributed by atoms with van der Waals surface area (Å²) in [6, 6.07) is 23.4. The van der Waals surface area contributed by atoms with Crippen LogP contribution in [-0.2, 0) is 4.57 Å². The normalized spacial score (nSPS) is 11.2. The van der Waals surface area contributed by atoms with E-state index in [1.165, 1.54) is 0 Å². The lowest BCUT2D eigenvalue weighted by atomic mass is 10.1. The number of benzene rings is 2. The average Bonchev–Trinajstić information content (AvgIpc) is 2.55. The minimum Gasteiger partial charge on any atom is -0.422 e. The maximum atomic E-state index is 11.6. The van der Waals surface area contributed by atoms with Crippen LogP contribution in [0, 0.1) is 0 Å². The molecule has 0 fully saturated rings. The quantitative estimate of drug-likeness (QED) is 0.349. The third-order valence-corrected chi connectivity index (χ3v) is 5.08. The fraction of sp³-hybridized carbons (Fsp3) is 0. The lowest BCUT2D eigenvalue weighted by molar-refractivity contribution is 0.513. The summed E-state index contributed by atoms with van der Waals surface area (Å²) in [5.74, 6) is 0.384. The van der Waals surface area contributed by atoms with E-state index in [2.05, 4.69) is 0 Å². The summed E-state index contributed by atoms with van der Waals surface area (Å²) in [5, 5.41) is 0. The van der Waals surface area contributed by atoms with Crippen molar-refractivity contribution in [1.82, 2.24) is 0 Å². The molecule has 0 amide bonds. The molecule has 0 atom stereocenters. The molecule has 23 heavy (non-hydrogen) atoms. The molecule has 0 radical (unpaired) electrons. The van der Waals surface area contributed by atoms with Gasteiger partial charge in [0.25, 0.3) is 0 Å². The Morgan fingerprint density at radius 2 is 1.22 bits per heavy atom. The Bertz CT molecular complexity index is 793. The number of rotatable bonds is 4. The molecule has 0 saturated carbocycles. The molecule has 0 bridgehead atoms. The zero-order chi connectivity index (χ0) is 16.3. The molecular formula is C17H12Cl2O2PS+. The monoisotopic (exact) mass is 381 g/mol. The van der Waals surface area contributed by atoms with E-state index in [1.807, 2.05) is 60.7 Å². The van der Waals surface area contributed by atoms with Gasteiger partial charge >= 0.3 is 6.07 Å². The Hall–Kier alpha value is -1.38. The first-order valence-corrected chi connectivity index (χ1v) is 11.0. The number of halogens is 2. The SMILES string of the molecule is O=P(Cl)(Cl)Oc1cc(-c2ccccc2)[s+]c(-c2ccccc2)c1. The first-order chi connectivity index (χ1) is 11.0. The maximum Gasteiger partial charge on any atom is 0.428 e. The first-order valence-electron chi connectivity index (χ1n) is 6.79. The summed E-state index contributed by atoms with van der Waals surface area (Å²) in [6.07, 6.45) is -3.66. The van der Waals surface area contributed by atoms with Gasteiger partial charge in [-0.05, 0) is 24.3 Å². The van der Waals surface area contributed by atoms with Crippen LogP contribution in [0.1, 0.15) is 0 Å². The van der Waals surface area contributed by atoms with Crippen molar-refractivity contribution in [3.8, 4) is 26.6 Å². The minimum atomic E-state index is -3.66.